The van der Waals surface area contributed by atoms with E-state index < -0.39 is 23.3 Å². The van der Waals surface area contributed by atoms with Gasteiger partial charge in [0.2, 0.25) is 5.89 Å². The molecule has 3 heterocycles. The molecule has 0 saturated carbocycles. The van der Waals surface area contributed by atoms with Crippen LogP contribution in [0, 0.1) is 6.92 Å². The fourth-order valence-electron chi connectivity index (χ4n) is 2.74. The standard InChI is InChI=1S/C14H16F3N5O2/c1-3-22-7-10(11(19-22)14(15,16)17)13(23)21-5-4-9(6-21)12-18-8(2)20-24-12/h7,9H,3-6H2,1-2H3/t9-/m1/s1. The molecule has 0 radical (unpaired) electrons. The Labute approximate surface area is 135 Å². The first-order valence-corrected chi connectivity index (χ1v) is 7.53. The molecule has 130 valence electrons. The third kappa shape index (κ3) is 3.00. The minimum absolute atomic E-state index is 0.161. The van der Waals surface area contributed by atoms with Gasteiger partial charge in [0.1, 0.15) is 0 Å². The number of halogens is 3. The molecule has 0 spiro atoms. The van der Waals surface area contributed by atoms with Crippen LogP contribution >= 0.6 is 0 Å². The average Bonchev–Trinajstić information content (AvgIpc) is 3.24. The minimum Gasteiger partial charge on any atom is -0.339 e. The lowest BCUT2D eigenvalue weighted by atomic mass is 10.1. The number of likely N-dealkylation sites (tertiary alicyclic amines) is 1. The van der Waals surface area contributed by atoms with E-state index in [1.165, 1.54) is 4.90 Å². The Bertz CT molecular complexity index is 752. The van der Waals surface area contributed by atoms with E-state index in [9.17, 15) is 18.0 Å². The Morgan fingerprint density at radius 3 is 2.79 bits per heavy atom. The van der Waals surface area contributed by atoms with E-state index >= 15 is 0 Å². The summed E-state index contributed by atoms with van der Waals surface area (Å²) < 4.78 is 45.5. The molecule has 0 unspecified atom stereocenters. The summed E-state index contributed by atoms with van der Waals surface area (Å²) in [5.41, 5.74) is -1.57. The summed E-state index contributed by atoms with van der Waals surface area (Å²) >= 11 is 0. The molecular formula is C14H16F3N5O2. The van der Waals surface area contributed by atoms with E-state index in [1.54, 1.807) is 13.8 Å². The third-order valence-electron chi connectivity index (χ3n) is 3.95. The second-order valence-corrected chi connectivity index (χ2v) is 5.66. The van der Waals surface area contributed by atoms with Gasteiger partial charge in [-0.1, -0.05) is 5.16 Å². The van der Waals surface area contributed by atoms with Gasteiger partial charge in [-0.15, -0.1) is 0 Å². The summed E-state index contributed by atoms with van der Waals surface area (Å²) in [6.45, 7) is 4.17. The number of hydrogen-bond acceptors (Lipinski definition) is 5. The normalized spacial score (nSPS) is 18.4. The summed E-state index contributed by atoms with van der Waals surface area (Å²) in [5.74, 6) is 0.0490. The van der Waals surface area contributed by atoms with Gasteiger partial charge >= 0.3 is 6.18 Å². The highest BCUT2D eigenvalue weighted by atomic mass is 19.4. The number of amides is 1. The van der Waals surface area contributed by atoms with Gasteiger partial charge in [0.25, 0.3) is 5.91 Å². The Morgan fingerprint density at radius 1 is 1.46 bits per heavy atom. The van der Waals surface area contributed by atoms with Gasteiger partial charge in [-0.2, -0.15) is 23.3 Å². The van der Waals surface area contributed by atoms with Crippen LogP contribution in [0.5, 0.6) is 0 Å². The SMILES string of the molecule is CCn1cc(C(=O)N2CC[C@@H](c3nc(C)no3)C2)c(C(F)(F)F)n1. The molecule has 7 nitrogen and oxygen atoms in total. The van der Waals surface area contributed by atoms with Crippen molar-refractivity contribution in [1.29, 1.82) is 0 Å². The van der Waals surface area contributed by atoms with Crippen LogP contribution in [-0.2, 0) is 12.7 Å². The summed E-state index contributed by atoms with van der Waals surface area (Å²) in [7, 11) is 0. The van der Waals surface area contributed by atoms with E-state index in [2.05, 4.69) is 15.2 Å². The highest BCUT2D eigenvalue weighted by Crippen LogP contribution is 2.33. The maximum atomic E-state index is 13.1. The van der Waals surface area contributed by atoms with Crippen molar-refractivity contribution >= 4 is 5.91 Å². The molecule has 1 atom stereocenters. The molecule has 0 aliphatic carbocycles. The number of aromatic nitrogens is 4. The fraction of sp³-hybridized carbons (Fsp3) is 0.571. The maximum Gasteiger partial charge on any atom is 0.435 e. The highest BCUT2D eigenvalue weighted by molar-refractivity contribution is 5.95. The lowest BCUT2D eigenvalue weighted by molar-refractivity contribution is -0.141. The van der Waals surface area contributed by atoms with Crippen LogP contribution in [0.15, 0.2) is 10.7 Å². The number of nitrogens with zero attached hydrogens (tertiary/aromatic N) is 5. The van der Waals surface area contributed by atoms with Crippen LogP contribution in [-0.4, -0.2) is 43.8 Å². The van der Waals surface area contributed by atoms with Crippen molar-refractivity contribution in [2.45, 2.75) is 38.9 Å². The minimum atomic E-state index is -4.67. The number of hydrogen-bond donors (Lipinski definition) is 0. The van der Waals surface area contributed by atoms with Gasteiger partial charge in [0.15, 0.2) is 11.5 Å². The zero-order valence-electron chi connectivity index (χ0n) is 13.2. The third-order valence-corrected chi connectivity index (χ3v) is 3.95. The van der Waals surface area contributed by atoms with Crippen LogP contribution in [0.2, 0.25) is 0 Å². The molecule has 3 rings (SSSR count). The van der Waals surface area contributed by atoms with Crippen LogP contribution in [0.4, 0.5) is 13.2 Å². The van der Waals surface area contributed by atoms with Crippen molar-refractivity contribution in [1.82, 2.24) is 24.8 Å². The van der Waals surface area contributed by atoms with Crippen LogP contribution in [0.25, 0.3) is 0 Å². The van der Waals surface area contributed by atoms with Gasteiger partial charge in [0, 0.05) is 25.8 Å². The highest BCUT2D eigenvalue weighted by Gasteiger charge is 2.41. The van der Waals surface area contributed by atoms with Gasteiger partial charge in [0.05, 0.1) is 11.5 Å². The first kappa shape index (κ1) is 16.5. The van der Waals surface area contributed by atoms with Crippen LogP contribution in [0.1, 0.15) is 47.0 Å². The van der Waals surface area contributed by atoms with Crippen molar-refractivity contribution in [3.63, 3.8) is 0 Å². The molecule has 0 aromatic carbocycles. The molecule has 1 aliphatic rings. The maximum absolute atomic E-state index is 13.1. The van der Waals surface area contributed by atoms with Crippen molar-refractivity contribution in [2.75, 3.05) is 13.1 Å². The van der Waals surface area contributed by atoms with Gasteiger partial charge in [-0.3, -0.25) is 9.48 Å². The lowest BCUT2D eigenvalue weighted by Crippen LogP contribution is -2.30. The second kappa shape index (κ2) is 5.91. The predicted molar refractivity (Wildman–Crippen MR) is 75.2 cm³/mol. The summed E-state index contributed by atoms with van der Waals surface area (Å²) in [5, 5.41) is 7.17. The molecular weight excluding hydrogens is 327 g/mol. The summed E-state index contributed by atoms with van der Waals surface area (Å²) in [6, 6.07) is 0. The van der Waals surface area contributed by atoms with Gasteiger partial charge in [-0.05, 0) is 20.3 Å². The molecule has 24 heavy (non-hydrogen) atoms. The number of carbonyl (C=O) groups excluding carboxylic acids is 1. The van der Waals surface area contributed by atoms with E-state index in [0.29, 0.717) is 24.7 Å². The van der Waals surface area contributed by atoms with E-state index in [4.69, 9.17) is 4.52 Å². The smallest absolute Gasteiger partial charge is 0.339 e. The average molecular weight is 343 g/mol. The number of alkyl halides is 3. The number of aryl methyl sites for hydroxylation is 2. The monoisotopic (exact) mass is 343 g/mol. The zero-order valence-corrected chi connectivity index (χ0v) is 13.2. The number of carbonyl (C=O) groups is 1. The Morgan fingerprint density at radius 2 is 2.21 bits per heavy atom. The van der Waals surface area contributed by atoms with Crippen molar-refractivity contribution in [3.05, 3.63) is 29.2 Å². The predicted octanol–water partition coefficient (Wildman–Crippen LogP) is 2.24. The molecule has 1 saturated heterocycles. The Balaban J connectivity index is 1.81. The Kier molecular flexibility index (Phi) is 4.06. The van der Waals surface area contributed by atoms with E-state index in [1.807, 2.05) is 0 Å². The molecule has 2 aromatic rings. The van der Waals surface area contributed by atoms with E-state index in [-0.39, 0.29) is 19.0 Å². The van der Waals surface area contributed by atoms with Gasteiger partial charge in [-0.25, -0.2) is 0 Å². The molecule has 2 aromatic heterocycles. The molecule has 1 fully saturated rings. The second-order valence-electron chi connectivity index (χ2n) is 5.66. The molecule has 1 amide bonds. The molecule has 0 N–H and O–H groups in total. The zero-order chi connectivity index (χ0) is 17.5. The first-order valence-electron chi connectivity index (χ1n) is 7.53. The Hall–Kier alpha value is -2.39. The first-order chi connectivity index (χ1) is 11.3. The van der Waals surface area contributed by atoms with Crippen molar-refractivity contribution in [3.8, 4) is 0 Å². The van der Waals surface area contributed by atoms with E-state index in [0.717, 1.165) is 10.9 Å². The topological polar surface area (TPSA) is 77.0 Å². The molecule has 0 bridgehead atoms. The van der Waals surface area contributed by atoms with Gasteiger partial charge < -0.3 is 9.42 Å². The molecule has 10 heteroatoms. The quantitative estimate of drug-likeness (QED) is 0.854. The van der Waals surface area contributed by atoms with Crippen molar-refractivity contribution in [2.24, 2.45) is 0 Å². The summed E-state index contributed by atoms with van der Waals surface area (Å²) in [4.78, 5) is 18.0. The largest absolute Gasteiger partial charge is 0.435 e. The summed E-state index contributed by atoms with van der Waals surface area (Å²) in [6.07, 6.45) is -2.96. The fourth-order valence-corrected chi connectivity index (χ4v) is 2.74. The molecule has 1 aliphatic heterocycles. The van der Waals surface area contributed by atoms with Crippen molar-refractivity contribution < 1.29 is 22.5 Å². The lowest BCUT2D eigenvalue weighted by Gasteiger charge is -2.16. The van der Waals surface area contributed by atoms with Crippen LogP contribution < -0.4 is 0 Å². The number of rotatable bonds is 3. The van der Waals surface area contributed by atoms with Crippen LogP contribution in [0.3, 0.4) is 0 Å².